The lowest BCUT2D eigenvalue weighted by atomic mass is 10.1. The van der Waals surface area contributed by atoms with Crippen LogP contribution in [-0.4, -0.2) is 68.3 Å². The number of carbonyl (C=O) groups excluding carboxylic acids is 1. The normalized spacial score (nSPS) is 15.8. The van der Waals surface area contributed by atoms with Gasteiger partial charge < -0.3 is 10.4 Å². The Balaban J connectivity index is 1.52. The monoisotopic (exact) mass is 522 g/mol. The molecule has 2 N–H and O–H groups in total. The zero-order chi connectivity index (χ0) is 26.2. The summed E-state index contributed by atoms with van der Waals surface area (Å²) < 4.78 is 30.4. The molecule has 37 heavy (non-hydrogen) atoms. The lowest BCUT2D eigenvalue weighted by molar-refractivity contribution is -0.124. The van der Waals surface area contributed by atoms with Crippen molar-refractivity contribution in [1.29, 1.82) is 0 Å². The molecule has 1 aliphatic rings. The summed E-state index contributed by atoms with van der Waals surface area (Å²) >= 11 is 0. The molecule has 1 aromatic carbocycles. The van der Waals surface area contributed by atoms with Crippen LogP contribution in [0.5, 0.6) is 0 Å². The summed E-state index contributed by atoms with van der Waals surface area (Å²) in [6.45, 7) is 0.450. The molecule has 12 heteroatoms. The summed E-state index contributed by atoms with van der Waals surface area (Å²) in [5, 5.41) is 17.0. The first kappa shape index (κ1) is 24.5. The van der Waals surface area contributed by atoms with Gasteiger partial charge in [0.2, 0.25) is 5.91 Å². The average Bonchev–Trinajstić information content (AvgIpc) is 3.62. The van der Waals surface area contributed by atoms with E-state index in [-0.39, 0.29) is 29.4 Å². The molecular weight excluding hydrogens is 496 g/mol. The van der Waals surface area contributed by atoms with Crippen LogP contribution < -0.4 is 5.32 Å². The lowest BCUT2D eigenvalue weighted by Crippen LogP contribution is -2.45. The van der Waals surface area contributed by atoms with Gasteiger partial charge in [0.15, 0.2) is 5.65 Å². The summed E-state index contributed by atoms with van der Waals surface area (Å²) in [7, 11) is -2.20. The number of nitrogens with one attached hydrogen (secondary N) is 1. The van der Waals surface area contributed by atoms with Gasteiger partial charge in [-0.1, -0.05) is 18.2 Å². The van der Waals surface area contributed by atoms with Crippen LogP contribution in [0.4, 0.5) is 4.79 Å². The van der Waals surface area contributed by atoms with E-state index in [0.29, 0.717) is 30.5 Å². The van der Waals surface area contributed by atoms with Crippen LogP contribution in [0.2, 0.25) is 0 Å². The number of fused-ring (bicyclic) bond motifs is 1. The number of benzene rings is 1. The number of hydrogen-bond donors (Lipinski definition) is 2. The van der Waals surface area contributed by atoms with E-state index in [1.54, 1.807) is 48.4 Å². The SMILES string of the molecule is Cn1cc(-c2ccnc3c2cc(CCNC(=O)C2CCCN2C(=O)O)n3S(=O)(=O)c2ccccc2)cn1. The van der Waals surface area contributed by atoms with Crippen molar-refractivity contribution >= 4 is 33.1 Å². The van der Waals surface area contributed by atoms with E-state index in [0.717, 1.165) is 16.0 Å². The number of hydrogen-bond acceptors (Lipinski definition) is 6. The smallest absolute Gasteiger partial charge is 0.407 e. The van der Waals surface area contributed by atoms with Crippen molar-refractivity contribution in [1.82, 2.24) is 29.0 Å². The van der Waals surface area contributed by atoms with Crippen LogP contribution in [0.25, 0.3) is 22.2 Å². The second-order valence-electron chi connectivity index (χ2n) is 8.89. The van der Waals surface area contributed by atoms with Crippen molar-refractivity contribution in [2.75, 3.05) is 13.1 Å². The molecule has 1 atom stereocenters. The number of aryl methyl sites for hydroxylation is 1. The van der Waals surface area contributed by atoms with E-state index in [4.69, 9.17) is 0 Å². The molecule has 11 nitrogen and oxygen atoms in total. The summed E-state index contributed by atoms with van der Waals surface area (Å²) in [5.41, 5.74) is 2.33. The molecule has 1 aliphatic heterocycles. The van der Waals surface area contributed by atoms with Gasteiger partial charge in [0.25, 0.3) is 10.0 Å². The van der Waals surface area contributed by atoms with Crippen molar-refractivity contribution in [3.63, 3.8) is 0 Å². The molecular formula is C25H26N6O5S. The fraction of sp³-hybridized carbons (Fsp3) is 0.280. The van der Waals surface area contributed by atoms with Crippen molar-refractivity contribution in [3.05, 3.63) is 66.7 Å². The molecule has 5 rings (SSSR count). The first-order valence-corrected chi connectivity index (χ1v) is 13.3. The van der Waals surface area contributed by atoms with Gasteiger partial charge in [0.1, 0.15) is 6.04 Å². The zero-order valence-electron chi connectivity index (χ0n) is 20.1. The average molecular weight is 523 g/mol. The maximum absolute atomic E-state index is 13.8. The Morgan fingerprint density at radius 2 is 1.97 bits per heavy atom. The van der Waals surface area contributed by atoms with Crippen LogP contribution in [-0.2, 0) is 28.3 Å². The van der Waals surface area contributed by atoms with E-state index < -0.39 is 22.2 Å². The third kappa shape index (κ3) is 4.55. The minimum Gasteiger partial charge on any atom is -0.465 e. The molecule has 4 aromatic rings. The zero-order valence-corrected chi connectivity index (χ0v) is 20.9. The van der Waals surface area contributed by atoms with Gasteiger partial charge in [-0.2, -0.15) is 5.10 Å². The van der Waals surface area contributed by atoms with Crippen LogP contribution in [0.3, 0.4) is 0 Å². The summed E-state index contributed by atoms with van der Waals surface area (Å²) in [6, 6.07) is 10.9. The highest BCUT2D eigenvalue weighted by Crippen LogP contribution is 2.32. The molecule has 0 aliphatic carbocycles. The number of rotatable bonds is 7. The molecule has 2 amide bonds. The Morgan fingerprint density at radius 3 is 2.68 bits per heavy atom. The highest BCUT2D eigenvalue weighted by atomic mass is 32.2. The van der Waals surface area contributed by atoms with Gasteiger partial charge in [-0.3, -0.25) is 14.4 Å². The number of pyridine rings is 1. The van der Waals surface area contributed by atoms with Crippen molar-refractivity contribution in [3.8, 4) is 11.1 Å². The van der Waals surface area contributed by atoms with Gasteiger partial charge in [-0.15, -0.1) is 0 Å². The highest BCUT2D eigenvalue weighted by Gasteiger charge is 2.34. The van der Waals surface area contributed by atoms with Crippen LogP contribution >= 0.6 is 0 Å². The molecule has 1 unspecified atom stereocenters. The molecule has 1 saturated heterocycles. The second kappa shape index (κ2) is 9.69. The number of carbonyl (C=O) groups is 2. The molecule has 4 heterocycles. The number of amides is 2. The van der Waals surface area contributed by atoms with E-state index in [1.807, 2.05) is 12.3 Å². The number of carboxylic acid groups (broad SMARTS) is 1. The lowest BCUT2D eigenvalue weighted by Gasteiger charge is -2.20. The summed E-state index contributed by atoms with van der Waals surface area (Å²) in [6.07, 6.45) is 5.26. The Kier molecular flexibility index (Phi) is 6.42. The fourth-order valence-corrected chi connectivity index (χ4v) is 6.32. The predicted octanol–water partition coefficient (Wildman–Crippen LogP) is 2.47. The Hall–Kier alpha value is -4.19. The minimum absolute atomic E-state index is 0.120. The maximum Gasteiger partial charge on any atom is 0.407 e. The second-order valence-corrected chi connectivity index (χ2v) is 10.7. The number of likely N-dealkylation sites (tertiary alicyclic amines) is 1. The van der Waals surface area contributed by atoms with Crippen LogP contribution in [0.1, 0.15) is 18.5 Å². The third-order valence-corrected chi connectivity index (χ3v) is 8.27. The molecule has 3 aromatic heterocycles. The van der Waals surface area contributed by atoms with Crippen LogP contribution in [0, 0.1) is 0 Å². The number of aromatic nitrogens is 4. The Morgan fingerprint density at radius 1 is 1.19 bits per heavy atom. The van der Waals surface area contributed by atoms with Crippen molar-refractivity contribution in [2.45, 2.75) is 30.2 Å². The van der Waals surface area contributed by atoms with Crippen LogP contribution in [0.15, 0.2) is 66.0 Å². The van der Waals surface area contributed by atoms with Crippen molar-refractivity contribution in [2.24, 2.45) is 7.05 Å². The van der Waals surface area contributed by atoms with E-state index in [1.165, 1.54) is 16.1 Å². The highest BCUT2D eigenvalue weighted by molar-refractivity contribution is 7.90. The molecule has 0 saturated carbocycles. The van der Waals surface area contributed by atoms with E-state index in [2.05, 4.69) is 15.4 Å². The quantitative estimate of drug-likeness (QED) is 0.380. The van der Waals surface area contributed by atoms with Gasteiger partial charge in [-0.25, -0.2) is 22.2 Å². The van der Waals surface area contributed by atoms with Gasteiger partial charge >= 0.3 is 6.09 Å². The Bertz CT molecular complexity index is 1580. The Labute approximate surface area is 213 Å². The van der Waals surface area contributed by atoms with Crippen molar-refractivity contribution < 1.29 is 23.1 Å². The number of nitrogens with zero attached hydrogens (tertiary/aromatic N) is 5. The molecule has 0 spiro atoms. The van der Waals surface area contributed by atoms with E-state index >= 15 is 0 Å². The first-order chi connectivity index (χ1) is 17.8. The predicted molar refractivity (Wildman–Crippen MR) is 135 cm³/mol. The minimum atomic E-state index is -4.00. The molecule has 192 valence electrons. The third-order valence-electron chi connectivity index (χ3n) is 6.51. The topological polar surface area (TPSA) is 139 Å². The van der Waals surface area contributed by atoms with Gasteiger partial charge in [0, 0.05) is 55.6 Å². The largest absolute Gasteiger partial charge is 0.465 e. The molecule has 0 bridgehead atoms. The summed E-state index contributed by atoms with van der Waals surface area (Å²) in [5.74, 6) is -0.386. The maximum atomic E-state index is 13.8. The standard InChI is InChI=1S/C25H26N6O5S/c1-29-16-17(15-28-29)20-10-12-26-23-21(20)14-18(31(23)37(35,36)19-6-3-2-4-7-19)9-11-27-24(32)22-8-5-13-30(22)25(33)34/h2-4,6-7,10,12,14-16,22H,5,8-9,11,13H2,1H3,(H,27,32)(H,33,34). The fourth-order valence-electron chi connectivity index (χ4n) is 4.78. The molecule has 0 radical (unpaired) electrons. The van der Waals surface area contributed by atoms with Gasteiger partial charge in [0.05, 0.1) is 11.1 Å². The van der Waals surface area contributed by atoms with E-state index in [9.17, 15) is 23.1 Å². The molecule has 1 fully saturated rings. The van der Waals surface area contributed by atoms with Gasteiger partial charge in [-0.05, 0) is 42.7 Å². The summed E-state index contributed by atoms with van der Waals surface area (Å²) in [4.78, 5) is 29.8. The first-order valence-electron chi connectivity index (χ1n) is 11.8.